The zero-order chi connectivity index (χ0) is 13.9. The standard InChI is InChI=1S/C15H14N4O/c1-11-10-13(12-6-4-3-5-7-12)19(18-11)14-8-9-16-15(17-14)20-2/h3-10H,1-2H3. The highest BCUT2D eigenvalue weighted by molar-refractivity contribution is 5.61. The topological polar surface area (TPSA) is 52.8 Å². The van der Waals surface area contributed by atoms with Crippen molar-refractivity contribution in [2.45, 2.75) is 6.92 Å². The number of nitrogens with zero attached hydrogens (tertiary/aromatic N) is 4. The minimum absolute atomic E-state index is 0.328. The molecule has 0 fully saturated rings. The van der Waals surface area contributed by atoms with Crippen LogP contribution < -0.4 is 4.74 Å². The minimum Gasteiger partial charge on any atom is -0.467 e. The van der Waals surface area contributed by atoms with E-state index in [0.29, 0.717) is 11.8 Å². The normalized spacial score (nSPS) is 10.5. The van der Waals surface area contributed by atoms with Crippen LogP contribution in [-0.2, 0) is 0 Å². The molecule has 0 aliphatic carbocycles. The van der Waals surface area contributed by atoms with Crippen LogP contribution in [0.2, 0.25) is 0 Å². The van der Waals surface area contributed by atoms with Crippen LogP contribution in [-0.4, -0.2) is 26.9 Å². The first-order valence-corrected chi connectivity index (χ1v) is 6.27. The molecule has 2 heterocycles. The van der Waals surface area contributed by atoms with E-state index in [9.17, 15) is 0 Å². The van der Waals surface area contributed by atoms with E-state index in [1.165, 1.54) is 0 Å². The summed E-state index contributed by atoms with van der Waals surface area (Å²) in [5, 5.41) is 4.50. The third-order valence-corrected chi connectivity index (χ3v) is 2.92. The first-order chi connectivity index (χ1) is 9.78. The van der Waals surface area contributed by atoms with Gasteiger partial charge in [-0.2, -0.15) is 10.1 Å². The zero-order valence-corrected chi connectivity index (χ0v) is 11.3. The van der Waals surface area contributed by atoms with E-state index in [-0.39, 0.29) is 0 Å². The number of aryl methyl sites for hydroxylation is 1. The summed E-state index contributed by atoms with van der Waals surface area (Å²) in [5.74, 6) is 0.684. The molecule has 5 nitrogen and oxygen atoms in total. The van der Waals surface area contributed by atoms with Gasteiger partial charge in [0, 0.05) is 17.8 Å². The maximum absolute atomic E-state index is 5.07. The van der Waals surface area contributed by atoms with Crippen molar-refractivity contribution in [3.05, 3.63) is 54.4 Å². The van der Waals surface area contributed by atoms with Gasteiger partial charge in [0.25, 0.3) is 0 Å². The van der Waals surface area contributed by atoms with Crippen molar-refractivity contribution in [1.29, 1.82) is 0 Å². The lowest BCUT2D eigenvalue weighted by Crippen LogP contribution is -2.04. The molecule has 2 aromatic heterocycles. The van der Waals surface area contributed by atoms with Gasteiger partial charge in [0.05, 0.1) is 18.5 Å². The van der Waals surface area contributed by atoms with Crippen molar-refractivity contribution in [2.75, 3.05) is 7.11 Å². The Bertz CT molecular complexity index is 722. The smallest absolute Gasteiger partial charge is 0.318 e. The molecule has 5 heteroatoms. The SMILES string of the molecule is COc1nccc(-n2nc(C)cc2-c2ccccc2)n1. The van der Waals surface area contributed by atoms with Crippen molar-refractivity contribution in [1.82, 2.24) is 19.7 Å². The molecule has 0 saturated heterocycles. The van der Waals surface area contributed by atoms with E-state index in [1.54, 1.807) is 24.1 Å². The van der Waals surface area contributed by atoms with Gasteiger partial charge in [0.1, 0.15) is 0 Å². The van der Waals surface area contributed by atoms with Crippen LogP contribution in [0.4, 0.5) is 0 Å². The first-order valence-electron chi connectivity index (χ1n) is 6.27. The minimum atomic E-state index is 0.328. The highest BCUT2D eigenvalue weighted by Crippen LogP contribution is 2.23. The third-order valence-electron chi connectivity index (χ3n) is 2.92. The Hall–Kier alpha value is -2.69. The molecule has 0 aliphatic rings. The molecule has 0 spiro atoms. The maximum Gasteiger partial charge on any atom is 0.318 e. The molecule has 0 saturated carbocycles. The number of methoxy groups -OCH3 is 1. The number of hydrogen-bond donors (Lipinski definition) is 0. The average Bonchev–Trinajstić information content (AvgIpc) is 2.90. The molecule has 3 rings (SSSR count). The Morgan fingerprint density at radius 1 is 1.10 bits per heavy atom. The van der Waals surface area contributed by atoms with Gasteiger partial charge in [-0.25, -0.2) is 9.67 Å². The molecule has 0 aliphatic heterocycles. The lowest BCUT2D eigenvalue weighted by atomic mass is 10.1. The van der Waals surface area contributed by atoms with E-state index < -0.39 is 0 Å². The second-order valence-corrected chi connectivity index (χ2v) is 4.35. The number of aromatic nitrogens is 4. The molecule has 0 amide bonds. The van der Waals surface area contributed by atoms with Gasteiger partial charge in [0.2, 0.25) is 0 Å². The summed E-state index contributed by atoms with van der Waals surface area (Å²) in [6.07, 6.45) is 1.66. The van der Waals surface area contributed by atoms with Gasteiger partial charge in [0.15, 0.2) is 5.82 Å². The molecule has 1 aromatic carbocycles. The van der Waals surface area contributed by atoms with Crippen molar-refractivity contribution >= 4 is 0 Å². The Labute approximate surface area is 116 Å². The number of rotatable bonds is 3. The summed E-state index contributed by atoms with van der Waals surface area (Å²) in [5.41, 5.74) is 3.01. The highest BCUT2D eigenvalue weighted by atomic mass is 16.5. The summed E-state index contributed by atoms with van der Waals surface area (Å²) >= 11 is 0. The van der Waals surface area contributed by atoms with E-state index in [0.717, 1.165) is 17.0 Å². The van der Waals surface area contributed by atoms with Crippen LogP contribution in [0.5, 0.6) is 6.01 Å². The van der Waals surface area contributed by atoms with E-state index in [2.05, 4.69) is 15.1 Å². The molecule has 0 unspecified atom stereocenters. The molecule has 0 atom stereocenters. The highest BCUT2D eigenvalue weighted by Gasteiger charge is 2.11. The molecule has 0 radical (unpaired) electrons. The van der Waals surface area contributed by atoms with E-state index in [1.807, 2.05) is 43.3 Å². The largest absolute Gasteiger partial charge is 0.467 e. The van der Waals surface area contributed by atoms with Gasteiger partial charge in [-0.1, -0.05) is 30.3 Å². The lowest BCUT2D eigenvalue weighted by Gasteiger charge is -2.07. The van der Waals surface area contributed by atoms with E-state index in [4.69, 9.17) is 4.74 Å². The fourth-order valence-electron chi connectivity index (χ4n) is 2.04. The predicted molar refractivity (Wildman–Crippen MR) is 75.9 cm³/mol. The second kappa shape index (κ2) is 5.13. The monoisotopic (exact) mass is 266 g/mol. The fraction of sp³-hybridized carbons (Fsp3) is 0.133. The van der Waals surface area contributed by atoms with Crippen molar-refractivity contribution < 1.29 is 4.74 Å². The molecule has 0 N–H and O–H groups in total. The van der Waals surface area contributed by atoms with Crippen LogP contribution in [0.3, 0.4) is 0 Å². The quantitative estimate of drug-likeness (QED) is 0.731. The number of ether oxygens (including phenoxy) is 1. The first kappa shape index (κ1) is 12.3. The molecule has 100 valence electrons. The Morgan fingerprint density at radius 2 is 1.90 bits per heavy atom. The summed E-state index contributed by atoms with van der Waals surface area (Å²) in [6.45, 7) is 1.96. The Kier molecular flexibility index (Phi) is 3.16. The molecule has 3 aromatic rings. The summed E-state index contributed by atoms with van der Waals surface area (Å²) in [6, 6.07) is 14.3. The molecular weight excluding hydrogens is 252 g/mol. The van der Waals surface area contributed by atoms with Crippen LogP contribution in [0.15, 0.2) is 48.7 Å². The fourth-order valence-corrected chi connectivity index (χ4v) is 2.04. The van der Waals surface area contributed by atoms with Gasteiger partial charge in [-0.3, -0.25) is 0 Å². The van der Waals surface area contributed by atoms with Gasteiger partial charge < -0.3 is 4.74 Å². The summed E-state index contributed by atoms with van der Waals surface area (Å²) < 4.78 is 6.87. The van der Waals surface area contributed by atoms with Crippen LogP contribution in [0.25, 0.3) is 17.1 Å². The third kappa shape index (κ3) is 2.25. The molecule has 20 heavy (non-hydrogen) atoms. The summed E-state index contributed by atoms with van der Waals surface area (Å²) in [7, 11) is 1.55. The van der Waals surface area contributed by atoms with Gasteiger partial charge in [-0.05, 0) is 13.0 Å². The predicted octanol–water partition coefficient (Wildman–Crippen LogP) is 2.65. The number of hydrogen-bond acceptors (Lipinski definition) is 4. The maximum atomic E-state index is 5.07. The zero-order valence-electron chi connectivity index (χ0n) is 11.3. The van der Waals surface area contributed by atoms with Gasteiger partial charge in [-0.15, -0.1) is 0 Å². The van der Waals surface area contributed by atoms with Crippen LogP contribution in [0, 0.1) is 6.92 Å². The molecule has 0 bridgehead atoms. The van der Waals surface area contributed by atoms with E-state index >= 15 is 0 Å². The number of benzene rings is 1. The summed E-state index contributed by atoms with van der Waals surface area (Å²) in [4.78, 5) is 8.35. The van der Waals surface area contributed by atoms with Crippen molar-refractivity contribution in [2.24, 2.45) is 0 Å². The van der Waals surface area contributed by atoms with Crippen molar-refractivity contribution in [3.63, 3.8) is 0 Å². The lowest BCUT2D eigenvalue weighted by molar-refractivity contribution is 0.379. The second-order valence-electron chi connectivity index (χ2n) is 4.35. The van der Waals surface area contributed by atoms with Crippen LogP contribution >= 0.6 is 0 Å². The van der Waals surface area contributed by atoms with Crippen molar-refractivity contribution in [3.8, 4) is 23.1 Å². The Balaban J connectivity index is 2.14. The Morgan fingerprint density at radius 3 is 2.65 bits per heavy atom. The average molecular weight is 266 g/mol. The van der Waals surface area contributed by atoms with Gasteiger partial charge >= 0.3 is 6.01 Å². The van der Waals surface area contributed by atoms with Crippen LogP contribution in [0.1, 0.15) is 5.69 Å². The molecular formula is C15H14N4O.